The number of hydrogen-bond acceptors (Lipinski definition) is 6. The molecule has 3 aromatic carbocycles. The number of aliphatic hydroxyl groups excluding tert-OH is 1. The van der Waals surface area contributed by atoms with Crippen LogP contribution in [0.2, 0.25) is 0 Å². The van der Waals surface area contributed by atoms with Crippen molar-refractivity contribution < 1.29 is 19.4 Å². The second-order valence-electron chi connectivity index (χ2n) is 10.1. The first-order valence-electron chi connectivity index (χ1n) is 12.8. The third kappa shape index (κ3) is 5.10. The number of benzene rings is 3. The van der Waals surface area contributed by atoms with Crippen molar-refractivity contribution in [2.24, 2.45) is 0 Å². The van der Waals surface area contributed by atoms with Gasteiger partial charge in [-0.25, -0.2) is 4.98 Å². The van der Waals surface area contributed by atoms with Crippen molar-refractivity contribution in [3.05, 3.63) is 111 Å². The molecule has 0 saturated heterocycles. The van der Waals surface area contributed by atoms with Crippen LogP contribution in [0.3, 0.4) is 0 Å². The Bertz CT molecular complexity index is 1580. The summed E-state index contributed by atoms with van der Waals surface area (Å²) in [4.78, 5) is 34.4. The lowest BCUT2D eigenvalue weighted by molar-refractivity contribution is -0.117. The molecule has 7 heteroatoms. The summed E-state index contributed by atoms with van der Waals surface area (Å²) in [5, 5.41) is 11.9. The summed E-state index contributed by atoms with van der Waals surface area (Å²) in [5.74, 6) is -0.957. The number of anilines is 1. The van der Waals surface area contributed by atoms with Gasteiger partial charge in [-0.1, -0.05) is 48.5 Å². The lowest BCUT2D eigenvalue weighted by Gasteiger charge is -2.28. The number of ketones is 1. The minimum absolute atomic E-state index is 0.0345. The molecule has 2 heterocycles. The van der Waals surface area contributed by atoms with E-state index in [-0.39, 0.29) is 11.7 Å². The van der Waals surface area contributed by atoms with Crippen molar-refractivity contribution in [2.75, 3.05) is 4.90 Å². The minimum Gasteiger partial charge on any atom is -0.503 e. The van der Waals surface area contributed by atoms with Gasteiger partial charge in [0.25, 0.3) is 5.91 Å². The molecule has 4 aromatic rings. The molecule has 198 valence electrons. The van der Waals surface area contributed by atoms with Gasteiger partial charge in [-0.05, 0) is 75.6 Å². The summed E-state index contributed by atoms with van der Waals surface area (Å²) < 4.78 is 5.92. The van der Waals surface area contributed by atoms with Gasteiger partial charge in [-0.2, -0.15) is 0 Å². The first kappa shape index (κ1) is 26.4. The number of nitrogens with zero attached hydrogens (tertiary/aromatic N) is 2. The molecule has 1 N–H and O–H groups in total. The van der Waals surface area contributed by atoms with E-state index in [0.29, 0.717) is 32.6 Å². The highest BCUT2D eigenvalue weighted by Gasteiger charge is 2.45. The van der Waals surface area contributed by atoms with Crippen LogP contribution in [0, 0.1) is 20.8 Å². The minimum atomic E-state index is -0.844. The number of ether oxygens (including phenoxy) is 1. The number of Topliss-reactive ketones (excluding diaryl/α,β-unsaturated/α-hetero) is 1. The maximum Gasteiger partial charge on any atom is 0.294 e. The molecule has 0 saturated carbocycles. The third-order valence-corrected chi connectivity index (χ3v) is 7.71. The zero-order chi connectivity index (χ0) is 27.8. The van der Waals surface area contributed by atoms with Gasteiger partial charge in [0.1, 0.15) is 10.8 Å². The number of carbonyl (C=O) groups excluding carboxylic acids is 2. The van der Waals surface area contributed by atoms with E-state index in [1.165, 1.54) is 16.2 Å². The zero-order valence-corrected chi connectivity index (χ0v) is 23.4. The van der Waals surface area contributed by atoms with E-state index in [4.69, 9.17) is 4.74 Å². The highest BCUT2D eigenvalue weighted by atomic mass is 32.1. The van der Waals surface area contributed by atoms with Crippen LogP contribution in [-0.4, -0.2) is 27.9 Å². The Morgan fingerprint density at radius 2 is 1.67 bits per heavy atom. The molecule has 0 fully saturated rings. The lowest BCUT2D eigenvalue weighted by Crippen LogP contribution is -2.31. The fraction of sp³-hybridized carbons (Fsp3) is 0.219. The van der Waals surface area contributed by atoms with Crippen molar-refractivity contribution in [3.8, 4) is 16.3 Å². The standard InChI is InChI=1S/C32H30N2O4S/c1-18(2)38-25-13-9-12-23(17-25)27-26(29(36)32(37)34(27)24-15-19(3)14-20(4)16-24)28(35)30-21(5)33-31(39-30)22-10-7-6-8-11-22/h6-18,27,36H,1-5H3. The molecule has 1 amide bonds. The predicted octanol–water partition coefficient (Wildman–Crippen LogP) is 7.31. The van der Waals surface area contributed by atoms with Gasteiger partial charge in [0.15, 0.2) is 5.76 Å². The largest absolute Gasteiger partial charge is 0.503 e. The fourth-order valence-electron chi connectivity index (χ4n) is 4.97. The topological polar surface area (TPSA) is 79.7 Å². The molecule has 1 atom stereocenters. The molecular formula is C32H30N2O4S. The molecule has 0 radical (unpaired) electrons. The molecule has 0 aliphatic carbocycles. The highest BCUT2D eigenvalue weighted by Crippen LogP contribution is 2.44. The molecule has 1 aliphatic heterocycles. The molecule has 1 unspecified atom stereocenters. The number of carbonyl (C=O) groups is 2. The molecule has 0 bridgehead atoms. The highest BCUT2D eigenvalue weighted by molar-refractivity contribution is 7.17. The quantitative estimate of drug-likeness (QED) is 0.250. The summed E-state index contributed by atoms with van der Waals surface area (Å²) in [6.45, 7) is 9.55. The van der Waals surface area contributed by atoms with E-state index >= 15 is 0 Å². The number of thiazole rings is 1. The zero-order valence-electron chi connectivity index (χ0n) is 22.6. The Labute approximate surface area is 232 Å². The third-order valence-electron chi connectivity index (χ3n) is 6.51. The molecule has 1 aliphatic rings. The summed E-state index contributed by atoms with van der Waals surface area (Å²) in [7, 11) is 0. The summed E-state index contributed by atoms with van der Waals surface area (Å²) in [6, 6.07) is 21.9. The number of aromatic nitrogens is 1. The Balaban J connectivity index is 1.65. The second-order valence-corrected chi connectivity index (χ2v) is 11.1. The molecule has 6 nitrogen and oxygen atoms in total. The number of aryl methyl sites for hydroxylation is 3. The monoisotopic (exact) mass is 538 g/mol. The van der Waals surface area contributed by atoms with Crippen LogP contribution in [0.15, 0.2) is 84.1 Å². The van der Waals surface area contributed by atoms with Gasteiger partial charge in [0.05, 0.1) is 28.3 Å². The Morgan fingerprint density at radius 1 is 0.974 bits per heavy atom. The lowest BCUT2D eigenvalue weighted by atomic mass is 9.94. The van der Waals surface area contributed by atoms with Gasteiger partial charge in [-0.15, -0.1) is 11.3 Å². The van der Waals surface area contributed by atoms with Gasteiger partial charge in [0, 0.05) is 11.3 Å². The average Bonchev–Trinajstić information content (AvgIpc) is 3.40. The van der Waals surface area contributed by atoms with E-state index in [1.807, 2.05) is 100 Å². The average molecular weight is 539 g/mol. The number of hydrogen-bond donors (Lipinski definition) is 1. The van der Waals surface area contributed by atoms with E-state index in [2.05, 4.69) is 4.98 Å². The first-order valence-corrected chi connectivity index (χ1v) is 13.6. The normalized spacial score (nSPS) is 15.4. The van der Waals surface area contributed by atoms with Gasteiger partial charge in [-0.3, -0.25) is 14.5 Å². The summed E-state index contributed by atoms with van der Waals surface area (Å²) >= 11 is 1.26. The van der Waals surface area contributed by atoms with Crippen LogP contribution >= 0.6 is 11.3 Å². The molecule has 1 aromatic heterocycles. The number of aliphatic hydroxyl groups is 1. The van der Waals surface area contributed by atoms with Crippen LogP contribution < -0.4 is 9.64 Å². The Hall–Kier alpha value is -4.23. The van der Waals surface area contributed by atoms with Crippen LogP contribution in [0.4, 0.5) is 5.69 Å². The fourth-order valence-corrected chi connectivity index (χ4v) is 6.00. The van der Waals surface area contributed by atoms with Crippen molar-refractivity contribution in [2.45, 2.75) is 46.8 Å². The van der Waals surface area contributed by atoms with E-state index in [1.54, 1.807) is 6.92 Å². The van der Waals surface area contributed by atoms with Gasteiger partial charge in [0.2, 0.25) is 5.78 Å². The molecular weight excluding hydrogens is 508 g/mol. The van der Waals surface area contributed by atoms with Gasteiger partial charge >= 0.3 is 0 Å². The Morgan fingerprint density at radius 3 is 2.33 bits per heavy atom. The van der Waals surface area contributed by atoms with Crippen LogP contribution in [0.1, 0.15) is 51.9 Å². The SMILES string of the molecule is Cc1cc(C)cc(N2C(=O)C(O)=C(C(=O)c3sc(-c4ccccc4)nc3C)C2c2cccc(OC(C)C)c2)c1. The van der Waals surface area contributed by atoms with E-state index < -0.39 is 23.5 Å². The molecule has 0 spiro atoms. The second kappa shape index (κ2) is 10.5. The predicted molar refractivity (Wildman–Crippen MR) is 155 cm³/mol. The number of rotatable bonds is 7. The first-order chi connectivity index (χ1) is 18.6. The van der Waals surface area contributed by atoms with Crippen LogP contribution in [0.25, 0.3) is 10.6 Å². The van der Waals surface area contributed by atoms with Gasteiger partial charge < -0.3 is 9.84 Å². The number of amides is 1. The Kier molecular flexibility index (Phi) is 7.10. The van der Waals surface area contributed by atoms with Crippen molar-refractivity contribution in [3.63, 3.8) is 0 Å². The maximum absolute atomic E-state index is 14.2. The smallest absolute Gasteiger partial charge is 0.294 e. The van der Waals surface area contributed by atoms with Crippen molar-refractivity contribution >= 4 is 28.7 Å². The van der Waals surface area contributed by atoms with Crippen molar-refractivity contribution in [1.29, 1.82) is 0 Å². The summed E-state index contributed by atoms with van der Waals surface area (Å²) in [5.41, 5.74) is 4.70. The maximum atomic E-state index is 14.2. The van der Waals surface area contributed by atoms with Crippen LogP contribution in [-0.2, 0) is 4.79 Å². The van der Waals surface area contributed by atoms with Crippen LogP contribution in [0.5, 0.6) is 5.75 Å². The van der Waals surface area contributed by atoms with E-state index in [0.717, 1.165) is 16.7 Å². The molecule has 39 heavy (non-hydrogen) atoms. The summed E-state index contributed by atoms with van der Waals surface area (Å²) in [6.07, 6.45) is -0.0534. The van der Waals surface area contributed by atoms with E-state index in [9.17, 15) is 14.7 Å². The molecule has 5 rings (SSSR count). The van der Waals surface area contributed by atoms with Crippen molar-refractivity contribution in [1.82, 2.24) is 4.98 Å².